The van der Waals surface area contributed by atoms with Crippen LogP contribution in [0.3, 0.4) is 0 Å². The Kier molecular flexibility index (Phi) is 2.64. The third-order valence-corrected chi connectivity index (χ3v) is 2.26. The van der Waals surface area contributed by atoms with Crippen LogP contribution in [0.4, 0.5) is 4.39 Å². The number of benzene rings is 1. The van der Waals surface area contributed by atoms with Gasteiger partial charge < -0.3 is 0 Å². The Hall–Kier alpha value is -1.48. The zero-order chi connectivity index (χ0) is 10.8. The van der Waals surface area contributed by atoms with Gasteiger partial charge in [-0.1, -0.05) is 41.9 Å². The van der Waals surface area contributed by atoms with Gasteiger partial charge in [0.2, 0.25) is 0 Å². The summed E-state index contributed by atoms with van der Waals surface area (Å²) in [6.07, 6.45) is 0. The van der Waals surface area contributed by atoms with Crippen molar-refractivity contribution in [2.24, 2.45) is 0 Å². The Balaban J connectivity index is 2.56. The Morgan fingerprint density at radius 2 is 1.80 bits per heavy atom. The summed E-state index contributed by atoms with van der Waals surface area (Å²) in [5, 5.41) is -0.138. The van der Waals surface area contributed by atoms with E-state index >= 15 is 0 Å². The molecule has 0 aliphatic heterocycles. The number of rotatable bonds is 1. The number of nitrogens with zero attached hydrogens (tertiary/aromatic N) is 2. The molecule has 0 N–H and O–H groups in total. The molecular formula is C11H8ClFN2. The molecule has 0 bridgehead atoms. The average molecular weight is 223 g/mol. The average Bonchev–Trinajstić information content (AvgIpc) is 2.26. The van der Waals surface area contributed by atoms with Crippen molar-refractivity contribution in [3.63, 3.8) is 0 Å². The van der Waals surface area contributed by atoms with Crippen molar-refractivity contribution in [2.75, 3.05) is 0 Å². The van der Waals surface area contributed by atoms with Gasteiger partial charge in [-0.05, 0) is 6.92 Å². The van der Waals surface area contributed by atoms with E-state index in [0.29, 0.717) is 5.82 Å². The summed E-state index contributed by atoms with van der Waals surface area (Å²) in [6, 6.07) is 9.32. The fourth-order valence-electron chi connectivity index (χ4n) is 1.24. The van der Waals surface area contributed by atoms with E-state index in [-0.39, 0.29) is 10.8 Å². The molecule has 0 saturated heterocycles. The first kappa shape index (κ1) is 10.1. The molecule has 1 aromatic carbocycles. The third-order valence-electron chi connectivity index (χ3n) is 2.01. The van der Waals surface area contributed by atoms with Crippen molar-refractivity contribution in [1.29, 1.82) is 0 Å². The van der Waals surface area contributed by atoms with Gasteiger partial charge in [0.05, 0.1) is 5.69 Å². The second-order valence-electron chi connectivity index (χ2n) is 3.10. The number of halogens is 2. The fraction of sp³-hybridized carbons (Fsp3) is 0.0909. The standard InChI is InChI=1S/C11H8ClFN2/c1-7-9(13)10(12)15-11(14-7)8-5-3-2-4-6-8/h2-6H,1H3. The van der Waals surface area contributed by atoms with Crippen LogP contribution >= 0.6 is 11.6 Å². The normalized spacial score (nSPS) is 10.3. The van der Waals surface area contributed by atoms with E-state index in [9.17, 15) is 4.39 Å². The van der Waals surface area contributed by atoms with E-state index in [4.69, 9.17) is 11.6 Å². The zero-order valence-electron chi connectivity index (χ0n) is 8.04. The second kappa shape index (κ2) is 3.95. The molecule has 0 saturated carbocycles. The van der Waals surface area contributed by atoms with Crippen LogP contribution in [0.2, 0.25) is 5.15 Å². The van der Waals surface area contributed by atoms with E-state index in [0.717, 1.165) is 5.56 Å². The van der Waals surface area contributed by atoms with E-state index in [1.54, 1.807) is 6.92 Å². The summed E-state index contributed by atoms with van der Waals surface area (Å²) in [5.41, 5.74) is 1.08. The van der Waals surface area contributed by atoms with Crippen molar-refractivity contribution >= 4 is 11.6 Å². The molecule has 2 aromatic rings. The molecule has 4 heteroatoms. The number of hydrogen-bond acceptors (Lipinski definition) is 2. The Morgan fingerprint density at radius 3 is 2.40 bits per heavy atom. The summed E-state index contributed by atoms with van der Waals surface area (Å²) in [6.45, 7) is 1.56. The SMILES string of the molecule is Cc1nc(-c2ccccc2)nc(Cl)c1F. The third kappa shape index (κ3) is 1.97. The van der Waals surface area contributed by atoms with Gasteiger partial charge in [-0.2, -0.15) is 0 Å². The maximum absolute atomic E-state index is 13.2. The predicted molar refractivity (Wildman–Crippen MR) is 57.2 cm³/mol. The fourth-order valence-corrected chi connectivity index (χ4v) is 1.46. The van der Waals surface area contributed by atoms with Gasteiger partial charge in [-0.3, -0.25) is 0 Å². The van der Waals surface area contributed by atoms with Gasteiger partial charge in [0.15, 0.2) is 16.8 Å². The summed E-state index contributed by atoms with van der Waals surface area (Å²) in [7, 11) is 0. The van der Waals surface area contributed by atoms with Crippen LogP contribution in [0.1, 0.15) is 5.69 Å². The highest BCUT2D eigenvalue weighted by molar-refractivity contribution is 6.29. The first-order valence-corrected chi connectivity index (χ1v) is 4.81. The summed E-state index contributed by atoms with van der Waals surface area (Å²) in [4.78, 5) is 7.92. The maximum atomic E-state index is 13.2. The number of hydrogen-bond donors (Lipinski definition) is 0. The van der Waals surface area contributed by atoms with Crippen LogP contribution in [0.25, 0.3) is 11.4 Å². The molecule has 0 spiro atoms. The molecule has 1 aromatic heterocycles. The molecule has 2 rings (SSSR count). The highest BCUT2D eigenvalue weighted by Gasteiger charge is 2.09. The Morgan fingerprint density at radius 1 is 1.13 bits per heavy atom. The predicted octanol–water partition coefficient (Wildman–Crippen LogP) is 3.24. The van der Waals surface area contributed by atoms with Crippen molar-refractivity contribution in [3.8, 4) is 11.4 Å². The molecule has 0 amide bonds. The monoisotopic (exact) mass is 222 g/mol. The lowest BCUT2D eigenvalue weighted by Crippen LogP contribution is -1.97. The molecule has 0 unspecified atom stereocenters. The van der Waals surface area contributed by atoms with Crippen molar-refractivity contribution in [2.45, 2.75) is 6.92 Å². The lowest BCUT2D eigenvalue weighted by Gasteiger charge is -2.03. The first-order chi connectivity index (χ1) is 7.18. The summed E-state index contributed by atoms with van der Waals surface area (Å²) in [5.74, 6) is -0.115. The van der Waals surface area contributed by atoms with Gasteiger partial charge in [-0.15, -0.1) is 0 Å². The summed E-state index contributed by atoms with van der Waals surface area (Å²) >= 11 is 5.64. The van der Waals surface area contributed by atoms with E-state index in [2.05, 4.69) is 9.97 Å². The molecular weight excluding hydrogens is 215 g/mol. The van der Waals surface area contributed by atoms with Crippen LogP contribution in [0.5, 0.6) is 0 Å². The van der Waals surface area contributed by atoms with Crippen LogP contribution in [0.15, 0.2) is 30.3 Å². The minimum absolute atomic E-state index is 0.138. The molecule has 0 radical (unpaired) electrons. The molecule has 76 valence electrons. The van der Waals surface area contributed by atoms with E-state index in [1.807, 2.05) is 30.3 Å². The minimum Gasteiger partial charge on any atom is -0.230 e. The molecule has 1 heterocycles. The highest BCUT2D eigenvalue weighted by atomic mass is 35.5. The van der Waals surface area contributed by atoms with E-state index < -0.39 is 5.82 Å². The van der Waals surface area contributed by atoms with Crippen molar-refractivity contribution in [1.82, 2.24) is 9.97 Å². The van der Waals surface area contributed by atoms with Crippen LogP contribution in [-0.4, -0.2) is 9.97 Å². The highest BCUT2D eigenvalue weighted by Crippen LogP contribution is 2.20. The van der Waals surface area contributed by atoms with Crippen LogP contribution in [0, 0.1) is 12.7 Å². The van der Waals surface area contributed by atoms with Crippen LogP contribution < -0.4 is 0 Å². The van der Waals surface area contributed by atoms with Gasteiger partial charge in [-0.25, -0.2) is 14.4 Å². The summed E-state index contributed by atoms with van der Waals surface area (Å²) < 4.78 is 13.2. The largest absolute Gasteiger partial charge is 0.230 e. The molecule has 15 heavy (non-hydrogen) atoms. The van der Waals surface area contributed by atoms with Crippen LogP contribution in [-0.2, 0) is 0 Å². The van der Waals surface area contributed by atoms with Gasteiger partial charge in [0.1, 0.15) is 0 Å². The van der Waals surface area contributed by atoms with Gasteiger partial charge >= 0.3 is 0 Å². The van der Waals surface area contributed by atoms with E-state index in [1.165, 1.54) is 0 Å². The Bertz CT molecular complexity index is 462. The van der Waals surface area contributed by atoms with Crippen molar-refractivity contribution in [3.05, 3.63) is 47.0 Å². The minimum atomic E-state index is -0.559. The molecule has 0 atom stereocenters. The maximum Gasteiger partial charge on any atom is 0.181 e. The lowest BCUT2D eigenvalue weighted by molar-refractivity contribution is 0.603. The lowest BCUT2D eigenvalue weighted by atomic mass is 10.2. The van der Waals surface area contributed by atoms with Gasteiger partial charge in [0.25, 0.3) is 0 Å². The smallest absolute Gasteiger partial charge is 0.181 e. The molecule has 0 fully saturated rings. The van der Waals surface area contributed by atoms with Gasteiger partial charge in [0, 0.05) is 5.56 Å². The molecule has 0 aliphatic rings. The molecule has 2 nitrogen and oxygen atoms in total. The Labute approximate surface area is 91.8 Å². The number of aryl methyl sites for hydroxylation is 1. The molecule has 0 aliphatic carbocycles. The zero-order valence-corrected chi connectivity index (χ0v) is 8.79. The first-order valence-electron chi connectivity index (χ1n) is 4.43. The number of aromatic nitrogens is 2. The second-order valence-corrected chi connectivity index (χ2v) is 3.46. The quantitative estimate of drug-likeness (QED) is 0.693. The van der Waals surface area contributed by atoms with Crippen molar-refractivity contribution < 1.29 is 4.39 Å². The topological polar surface area (TPSA) is 25.8 Å².